The molecule has 0 saturated heterocycles. The smallest absolute Gasteiger partial charge is 0.117 e. The van der Waals surface area contributed by atoms with E-state index in [4.69, 9.17) is 9.15 Å². The van der Waals surface area contributed by atoms with Gasteiger partial charge in [-0.2, -0.15) is 0 Å². The molecule has 130 valence electrons. The van der Waals surface area contributed by atoms with Crippen molar-refractivity contribution in [2.45, 2.75) is 25.6 Å². The zero-order valence-corrected chi connectivity index (χ0v) is 14.3. The summed E-state index contributed by atoms with van der Waals surface area (Å²) < 4.78 is 13.4. The molecule has 0 saturated carbocycles. The lowest BCUT2D eigenvalue weighted by molar-refractivity contribution is 0.0814. The molecule has 0 unspecified atom stereocenters. The van der Waals surface area contributed by atoms with Crippen molar-refractivity contribution in [2.24, 2.45) is 7.05 Å². The maximum Gasteiger partial charge on any atom is 0.117 e. The van der Waals surface area contributed by atoms with E-state index in [1.165, 1.54) is 11.3 Å². The van der Waals surface area contributed by atoms with E-state index >= 15 is 0 Å². The van der Waals surface area contributed by atoms with Gasteiger partial charge in [-0.05, 0) is 17.7 Å². The lowest BCUT2D eigenvalue weighted by Gasteiger charge is -2.31. The first-order valence-electron chi connectivity index (χ1n) is 8.54. The van der Waals surface area contributed by atoms with E-state index in [-0.39, 0.29) is 5.92 Å². The van der Waals surface area contributed by atoms with E-state index in [1.807, 2.05) is 42.1 Å². The molecule has 0 N–H and O–H groups in total. The van der Waals surface area contributed by atoms with Crippen molar-refractivity contribution in [3.05, 3.63) is 71.4 Å². The molecule has 0 bridgehead atoms. The fourth-order valence-electron chi connectivity index (χ4n) is 3.46. The molecular formula is C19H22N4O2. The Bertz CT molecular complexity index is 798. The molecule has 25 heavy (non-hydrogen) atoms. The maximum absolute atomic E-state index is 6.00. The molecule has 1 aromatic carbocycles. The van der Waals surface area contributed by atoms with E-state index in [0.29, 0.717) is 13.2 Å². The Balaban J connectivity index is 1.44. The minimum atomic E-state index is 0.252. The summed E-state index contributed by atoms with van der Waals surface area (Å²) in [6.07, 6.45) is 1.72. The van der Waals surface area contributed by atoms with Gasteiger partial charge in [0, 0.05) is 26.1 Å². The summed E-state index contributed by atoms with van der Waals surface area (Å²) in [5, 5.41) is 8.54. The van der Waals surface area contributed by atoms with Crippen LogP contribution >= 0.6 is 0 Å². The van der Waals surface area contributed by atoms with E-state index in [2.05, 4.69) is 27.3 Å². The van der Waals surface area contributed by atoms with E-state index in [1.54, 1.807) is 6.26 Å². The molecule has 0 fully saturated rings. The quantitative estimate of drug-likeness (QED) is 0.692. The predicted octanol–water partition coefficient (Wildman–Crippen LogP) is 2.72. The number of hydrogen-bond acceptors (Lipinski definition) is 5. The molecule has 1 atom stereocenters. The van der Waals surface area contributed by atoms with Crippen LogP contribution in [0.1, 0.15) is 28.6 Å². The molecule has 6 heteroatoms. The number of aromatic nitrogens is 3. The van der Waals surface area contributed by atoms with Crippen LogP contribution in [0, 0.1) is 0 Å². The number of fused-ring (bicyclic) bond motifs is 1. The van der Waals surface area contributed by atoms with Crippen LogP contribution in [-0.4, -0.2) is 33.0 Å². The molecule has 0 radical (unpaired) electrons. The lowest BCUT2D eigenvalue weighted by atomic mass is 9.99. The summed E-state index contributed by atoms with van der Waals surface area (Å²) in [6, 6.07) is 14.2. The molecule has 1 aliphatic heterocycles. The minimum absolute atomic E-state index is 0.252. The van der Waals surface area contributed by atoms with Crippen LogP contribution in [0.5, 0.6) is 0 Å². The summed E-state index contributed by atoms with van der Waals surface area (Å²) in [7, 11) is 1.96. The van der Waals surface area contributed by atoms with Crippen molar-refractivity contribution < 1.29 is 9.15 Å². The second-order valence-corrected chi connectivity index (χ2v) is 6.49. The molecule has 0 spiro atoms. The first-order chi connectivity index (χ1) is 12.3. The highest BCUT2D eigenvalue weighted by atomic mass is 16.5. The van der Waals surface area contributed by atoms with Crippen molar-refractivity contribution in [2.75, 3.05) is 13.2 Å². The zero-order valence-electron chi connectivity index (χ0n) is 14.3. The number of furan rings is 1. The standard InChI is InChI=1S/C19H22N4O2/c1-22-19-16(14-24-13-15-6-3-2-4-7-15)10-23(12-18(19)20-21-22)11-17-8-5-9-25-17/h2-9,16H,10-14H2,1H3/t16-/m1/s1. The van der Waals surface area contributed by atoms with E-state index in [0.717, 1.165) is 31.1 Å². The van der Waals surface area contributed by atoms with Gasteiger partial charge in [-0.15, -0.1) is 5.10 Å². The Labute approximate surface area is 147 Å². The summed E-state index contributed by atoms with van der Waals surface area (Å²) in [5.41, 5.74) is 3.41. The average molecular weight is 338 g/mol. The van der Waals surface area contributed by atoms with Gasteiger partial charge in [0.1, 0.15) is 11.5 Å². The molecule has 1 aliphatic rings. The van der Waals surface area contributed by atoms with Crippen molar-refractivity contribution >= 4 is 0 Å². The topological polar surface area (TPSA) is 56.3 Å². The van der Waals surface area contributed by atoms with Gasteiger partial charge in [0.15, 0.2) is 0 Å². The van der Waals surface area contributed by atoms with Gasteiger partial charge in [-0.1, -0.05) is 35.5 Å². The highest BCUT2D eigenvalue weighted by Gasteiger charge is 2.30. The largest absolute Gasteiger partial charge is 0.468 e. The van der Waals surface area contributed by atoms with E-state index < -0.39 is 0 Å². The Morgan fingerprint density at radius 1 is 1.20 bits per heavy atom. The van der Waals surface area contributed by atoms with Crippen LogP contribution in [-0.2, 0) is 31.5 Å². The predicted molar refractivity (Wildman–Crippen MR) is 92.7 cm³/mol. The Morgan fingerprint density at radius 2 is 2.08 bits per heavy atom. The first-order valence-corrected chi connectivity index (χ1v) is 8.54. The first kappa shape index (κ1) is 16.1. The van der Waals surface area contributed by atoms with Gasteiger partial charge in [0.05, 0.1) is 31.7 Å². The molecular weight excluding hydrogens is 316 g/mol. The van der Waals surface area contributed by atoms with Crippen molar-refractivity contribution in [1.29, 1.82) is 0 Å². The monoisotopic (exact) mass is 338 g/mol. The fourth-order valence-corrected chi connectivity index (χ4v) is 3.46. The zero-order chi connectivity index (χ0) is 17.1. The minimum Gasteiger partial charge on any atom is -0.468 e. The van der Waals surface area contributed by atoms with Gasteiger partial charge in [-0.3, -0.25) is 9.58 Å². The third-order valence-corrected chi connectivity index (χ3v) is 4.57. The molecule has 4 rings (SSSR count). The Hall–Kier alpha value is -2.44. The van der Waals surface area contributed by atoms with Gasteiger partial charge in [0.25, 0.3) is 0 Å². The third-order valence-electron chi connectivity index (χ3n) is 4.57. The molecule has 3 aromatic rings. The van der Waals surface area contributed by atoms with Crippen LogP contribution < -0.4 is 0 Å². The van der Waals surface area contributed by atoms with Crippen molar-refractivity contribution in [3.63, 3.8) is 0 Å². The van der Waals surface area contributed by atoms with Crippen LogP contribution in [0.15, 0.2) is 53.1 Å². The number of aryl methyl sites for hydroxylation is 1. The highest BCUT2D eigenvalue weighted by Crippen LogP contribution is 2.28. The second kappa shape index (κ2) is 7.21. The Kier molecular flexibility index (Phi) is 4.63. The summed E-state index contributed by atoms with van der Waals surface area (Å²) in [6.45, 7) is 3.74. The molecule has 3 heterocycles. The van der Waals surface area contributed by atoms with Crippen LogP contribution in [0.25, 0.3) is 0 Å². The fraction of sp³-hybridized carbons (Fsp3) is 0.368. The van der Waals surface area contributed by atoms with E-state index in [9.17, 15) is 0 Å². The second-order valence-electron chi connectivity index (χ2n) is 6.49. The van der Waals surface area contributed by atoms with Crippen LogP contribution in [0.4, 0.5) is 0 Å². The highest BCUT2D eigenvalue weighted by molar-refractivity contribution is 5.20. The van der Waals surface area contributed by atoms with Gasteiger partial charge < -0.3 is 9.15 Å². The normalized spacial score (nSPS) is 17.6. The number of nitrogens with zero attached hydrogens (tertiary/aromatic N) is 4. The number of hydrogen-bond donors (Lipinski definition) is 0. The Morgan fingerprint density at radius 3 is 2.88 bits per heavy atom. The summed E-state index contributed by atoms with van der Waals surface area (Å²) in [4.78, 5) is 2.34. The van der Waals surface area contributed by atoms with Crippen molar-refractivity contribution in [3.8, 4) is 0 Å². The SMILES string of the molecule is Cn1nnc2c1[C@@H](COCc1ccccc1)CN(Cc1ccco1)C2. The number of benzene rings is 1. The van der Waals surface area contributed by atoms with Gasteiger partial charge in [0.2, 0.25) is 0 Å². The van der Waals surface area contributed by atoms with Gasteiger partial charge in [-0.25, -0.2) is 0 Å². The summed E-state index contributed by atoms with van der Waals surface area (Å²) >= 11 is 0. The van der Waals surface area contributed by atoms with Crippen LogP contribution in [0.2, 0.25) is 0 Å². The van der Waals surface area contributed by atoms with Crippen molar-refractivity contribution in [1.82, 2.24) is 19.9 Å². The molecule has 0 aliphatic carbocycles. The number of rotatable bonds is 6. The summed E-state index contributed by atoms with van der Waals surface area (Å²) in [5.74, 6) is 1.22. The lowest BCUT2D eigenvalue weighted by Crippen LogP contribution is -2.35. The average Bonchev–Trinajstić information content (AvgIpc) is 3.26. The van der Waals surface area contributed by atoms with Gasteiger partial charge >= 0.3 is 0 Å². The van der Waals surface area contributed by atoms with Crippen LogP contribution in [0.3, 0.4) is 0 Å². The number of ether oxygens (including phenoxy) is 1. The molecule has 0 amide bonds. The molecule has 6 nitrogen and oxygen atoms in total. The molecule has 2 aromatic heterocycles. The maximum atomic E-state index is 6.00. The third kappa shape index (κ3) is 3.65.